The molecule has 0 saturated carbocycles. The first kappa shape index (κ1) is 16.1. The van der Waals surface area contributed by atoms with E-state index in [1.807, 2.05) is 0 Å². The summed E-state index contributed by atoms with van der Waals surface area (Å²) in [6.07, 6.45) is -3.24. The van der Waals surface area contributed by atoms with Gasteiger partial charge in [0, 0.05) is 5.56 Å². The lowest BCUT2D eigenvalue weighted by Gasteiger charge is -2.28. The summed E-state index contributed by atoms with van der Waals surface area (Å²) in [5.41, 5.74) is 6.00. The van der Waals surface area contributed by atoms with Crippen LogP contribution in [0.5, 0.6) is 5.75 Å². The number of hydrogen-bond donors (Lipinski definition) is 1. The molecule has 1 aromatic carbocycles. The Balaban J connectivity index is 2.33. The van der Waals surface area contributed by atoms with Crippen LogP contribution in [0.4, 0.5) is 13.2 Å². The van der Waals surface area contributed by atoms with Gasteiger partial charge in [-0.1, -0.05) is 24.6 Å². The van der Waals surface area contributed by atoms with Gasteiger partial charge in [0.1, 0.15) is 5.75 Å². The van der Waals surface area contributed by atoms with E-state index in [2.05, 4.69) is 4.74 Å². The van der Waals surface area contributed by atoms with Crippen molar-refractivity contribution in [2.24, 2.45) is 5.73 Å². The molecule has 0 amide bonds. The van der Waals surface area contributed by atoms with Crippen LogP contribution in [-0.2, 0) is 9.84 Å². The van der Waals surface area contributed by atoms with Crippen molar-refractivity contribution >= 4 is 9.84 Å². The van der Waals surface area contributed by atoms with Gasteiger partial charge < -0.3 is 10.5 Å². The highest BCUT2D eigenvalue weighted by Gasteiger charge is 2.37. The summed E-state index contributed by atoms with van der Waals surface area (Å²) in [4.78, 5) is 0. The summed E-state index contributed by atoms with van der Waals surface area (Å²) < 4.78 is 65.2. The van der Waals surface area contributed by atoms with Crippen LogP contribution in [0.3, 0.4) is 0 Å². The SMILES string of the molecule is NC(c1ccccc1OC(F)(F)F)C1CCCCS1(=O)=O. The van der Waals surface area contributed by atoms with Crippen LogP contribution in [-0.4, -0.2) is 25.8 Å². The van der Waals surface area contributed by atoms with Gasteiger partial charge in [0.15, 0.2) is 9.84 Å². The third kappa shape index (κ3) is 3.88. The topological polar surface area (TPSA) is 69.4 Å². The number of ether oxygens (including phenoxy) is 1. The van der Waals surface area contributed by atoms with Crippen molar-refractivity contribution in [3.63, 3.8) is 0 Å². The van der Waals surface area contributed by atoms with Gasteiger partial charge in [-0.25, -0.2) is 8.42 Å². The van der Waals surface area contributed by atoms with Crippen molar-refractivity contribution in [3.8, 4) is 5.75 Å². The minimum absolute atomic E-state index is 0.0215. The Morgan fingerprint density at radius 2 is 1.90 bits per heavy atom. The predicted octanol–water partition coefficient (Wildman–Crippen LogP) is 2.55. The summed E-state index contributed by atoms with van der Waals surface area (Å²) in [6.45, 7) is 0. The van der Waals surface area contributed by atoms with E-state index in [0.29, 0.717) is 19.3 Å². The summed E-state index contributed by atoms with van der Waals surface area (Å²) in [5, 5.41) is -0.871. The zero-order valence-electron chi connectivity index (χ0n) is 11.1. The van der Waals surface area contributed by atoms with Crippen LogP contribution in [0, 0.1) is 0 Å². The Morgan fingerprint density at radius 1 is 1.24 bits per heavy atom. The van der Waals surface area contributed by atoms with Crippen LogP contribution in [0.1, 0.15) is 30.9 Å². The van der Waals surface area contributed by atoms with Crippen molar-refractivity contribution in [1.82, 2.24) is 0 Å². The molecule has 118 valence electrons. The second kappa shape index (κ2) is 5.84. The Hall–Kier alpha value is -1.28. The van der Waals surface area contributed by atoms with Gasteiger partial charge in [-0.3, -0.25) is 0 Å². The van der Waals surface area contributed by atoms with E-state index in [1.54, 1.807) is 0 Å². The van der Waals surface area contributed by atoms with Crippen LogP contribution in [0.2, 0.25) is 0 Å². The average Bonchev–Trinajstić information content (AvgIpc) is 2.36. The van der Waals surface area contributed by atoms with Crippen LogP contribution in [0.15, 0.2) is 24.3 Å². The molecule has 1 saturated heterocycles. The highest BCUT2D eigenvalue weighted by Crippen LogP contribution is 2.35. The zero-order valence-corrected chi connectivity index (χ0v) is 12.0. The van der Waals surface area contributed by atoms with Gasteiger partial charge in [0.2, 0.25) is 0 Å². The molecule has 21 heavy (non-hydrogen) atoms. The molecule has 1 heterocycles. The van der Waals surface area contributed by atoms with E-state index in [-0.39, 0.29) is 11.3 Å². The van der Waals surface area contributed by atoms with Gasteiger partial charge in [-0.2, -0.15) is 0 Å². The van der Waals surface area contributed by atoms with Crippen molar-refractivity contribution < 1.29 is 26.3 Å². The van der Waals surface area contributed by atoms with E-state index in [4.69, 9.17) is 5.73 Å². The third-order valence-electron chi connectivity index (χ3n) is 3.53. The highest BCUT2D eigenvalue weighted by atomic mass is 32.2. The number of nitrogens with two attached hydrogens (primary N) is 1. The summed E-state index contributed by atoms with van der Waals surface area (Å²) in [5.74, 6) is -0.425. The minimum atomic E-state index is -4.85. The number of benzene rings is 1. The van der Waals surface area contributed by atoms with Gasteiger partial charge in [-0.15, -0.1) is 13.2 Å². The molecule has 4 nitrogen and oxygen atoms in total. The fraction of sp³-hybridized carbons (Fsp3) is 0.538. The van der Waals surface area contributed by atoms with E-state index in [0.717, 1.165) is 6.07 Å². The fourth-order valence-corrected chi connectivity index (χ4v) is 4.58. The fourth-order valence-electron chi connectivity index (χ4n) is 2.56. The largest absolute Gasteiger partial charge is 0.573 e. The van der Waals surface area contributed by atoms with Crippen molar-refractivity contribution in [2.75, 3.05) is 5.75 Å². The monoisotopic (exact) mass is 323 g/mol. The predicted molar refractivity (Wildman–Crippen MR) is 71.5 cm³/mol. The Morgan fingerprint density at radius 3 is 2.52 bits per heavy atom. The zero-order chi connectivity index (χ0) is 15.7. The van der Waals surface area contributed by atoms with Crippen LogP contribution in [0.25, 0.3) is 0 Å². The molecule has 2 N–H and O–H groups in total. The van der Waals surface area contributed by atoms with Crippen molar-refractivity contribution in [2.45, 2.75) is 36.9 Å². The maximum absolute atomic E-state index is 12.4. The first-order valence-electron chi connectivity index (χ1n) is 6.52. The molecular formula is C13H16F3NO3S. The quantitative estimate of drug-likeness (QED) is 0.928. The first-order valence-corrected chi connectivity index (χ1v) is 8.24. The Kier molecular flexibility index (Phi) is 4.48. The smallest absolute Gasteiger partial charge is 0.405 e. The number of hydrogen-bond acceptors (Lipinski definition) is 4. The molecule has 0 aliphatic carbocycles. The standard InChI is InChI=1S/C13H16F3NO3S/c14-13(15,16)20-10-6-2-1-5-9(10)12(17)11-7-3-4-8-21(11,18)19/h1-2,5-6,11-12H,3-4,7-8,17H2. The molecule has 0 aromatic heterocycles. The second-order valence-electron chi connectivity index (χ2n) is 5.01. The lowest BCUT2D eigenvalue weighted by atomic mass is 9.99. The maximum atomic E-state index is 12.4. The lowest BCUT2D eigenvalue weighted by Crippen LogP contribution is -2.38. The molecule has 1 aromatic rings. The summed E-state index contributed by atoms with van der Waals surface area (Å²) >= 11 is 0. The Labute approximate surface area is 121 Å². The Bertz CT molecular complexity index is 601. The van der Waals surface area contributed by atoms with Gasteiger partial charge in [0.25, 0.3) is 0 Å². The van der Waals surface area contributed by atoms with Crippen molar-refractivity contribution in [1.29, 1.82) is 0 Å². The molecule has 0 bridgehead atoms. The van der Waals surface area contributed by atoms with Gasteiger partial charge in [0.05, 0.1) is 17.0 Å². The third-order valence-corrected chi connectivity index (χ3v) is 5.84. The first-order chi connectivity index (χ1) is 9.71. The molecule has 2 unspecified atom stereocenters. The molecule has 0 spiro atoms. The minimum Gasteiger partial charge on any atom is -0.405 e. The van der Waals surface area contributed by atoms with Gasteiger partial charge in [-0.05, 0) is 18.9 Å². The van der Waals surface area contributed by atoms with Crippen molar-refractivity contribution in [3.05, 3.63) is 29.8 Å². The molecular weight excluding hydrogens is 307 g/mol. The molecule has 8 heteroatoms. The maximum Gasteiger partial charge on any atom is 0.573 e. The molecule has 0 radical (unpaired) electrons. The molecule has 2 rings (SSSR count). The van der Waals surface area contributed by atoms with Crippen LogP contribution < -0.4 is 10.5 Å². The molecule has 1 aliphatic heterocycles. The van der Waals surface area contributed by atoms with E-state index >= 15 is 0 Å². The highest BCUT2D eigenvalue weighted by molar-refractivity contribution is 7.92. The average molecular weight is 323 g/mol. The normalized spacial score (nSPS) is 23.5. The molecule has 2 atom stereocenters. The molecule has 1 aliphatic rings. The summed E-state index contributed by atoms with van der Waals surface area (Å²) in [7, 11) is -3.39. The second-order valence-corrected chi connectivity index (χ2v) is 7.35. The van der Waals surface area contributed by atoms with Crippen LogP contribution >= 0.6 is 0 Å². The number of sulfone groups is 1. The number of halogens is 3. The summed E-state index contributed by atoms with van der Waals surface area (Å²) in [6, 6.07) is 4.36. The number of alkyl halides is 3. The van der Waals surface area contributed by atoms with E-state index in [9.17, 15) is 21.6 Å². The van der Waals surface area contributed by atoms with E-state index < -0.39 is 33.2 Å². The number of rotatable bonds is 3. The molecule has 1 fully saturated rings. The lowest BCUT2D eigenvalue weighted by molar-refractivity contribution is -0.275. The van der Waals surface area contributed by atoms with E-state index in [1.165, 1.54) is 18.2 Å². The number of para-hydroxylation sites is 1. The van der Waals surface area contributed by atoms with Gasteiger partial charge >= 0.3 is 6.36 Å².